The molecule has 1 fully saturated rings. The summed E-state index contributed by atoms with van der Waals surface area (Å²) in [6.45, 7) is 4.49. The fourth-order valence-corrected chi connectivity index (χ4v) is 4.10. The van der Waals surface area contributed by atoms with Crippen LogP contribution in [0.25, 0.3) is 22.0 Å². The Kier molecular flexibility index (Phi) is 3.41. The van der Waals surface area contributed by atoms with Crippen LogP contribution in [0.15, 0.2) is 48.7 Å². The van der Waals surface area contributed by atoms with Gasteiger partial charge < -0.3 is 10.3 Å². The molecule has 1 heterocycles. The Morgan fingerprint density at radius 2 is 1.83 bits per heavy atom. The number of hydrogen-bond acceptors (Lipinski definition) is 1. The summed E-state index contributed by atoms with van der Waals surface area (Å²) < 4.78 is 2.51. The van der Waals surface area contributed by atoms with E-state index in [1.54, 1.807) is 0 Å². The van der Waals surface area contributed by atoms with Crippen LogP contribution in [0.1, 0.15) is 37.8 Å². The highest BCUT2D eigenvalue weighted by molar-refractivity contribution is 5.97. The Morgan fingerprint density at radius 3 is 2.61 bits per heavy atom. The first kappa shape index (κ1) is 14.4. The van der Waals surface area contributed by atoms with Crippen LogP contribution in [0, 0.1) is 12.8 Å². The average Bonchev–Trinajstić information content (AvgIpc) is 3.14. The normalized spacial score (nSPS) is 21.1. The van der Waals surface area contributed by atoms with Gasteiger partial charge in [0.05, 0.1) is 0 Å². The Morgan fingerprint density at radius 1 is 1.00 bits per heavy atom. The van der Waals surface area contributed by atoms with Crippen molar-refractivity contribution in [1.82, 2.24) is 4.57 Å². The van der Waals surface area contributed by atoms with E-state index in [0.29, 0.717) is 6.04 Å². The van der Waals surface area contributed by atoms with E-state index in [1.807, 2.05) is 6.07 Å². The first-order valence-electron chi connectivity index (χ1n) is 8.60. The van der Waals surface area contributed by atoms with Crippen molar-refractivity contribution in [2.75, 3.05) is 5.73 Å². The lowest BCUT2D eigenvalue weighted by Crippen LogP contribution is -2.03. The van der Waals surface area contributed by atoms with Gasteiger partial charge in [-0.3, -0.25) is 0 Å². The molecular weight excluding hydrogens is 280 g/mol. The van der Waals surface area contributed by atoms with Gasteiger partial charge in [-0.05, 0) is 55.4 Å². The molecule has 118 valence electrons. The summed E-state index contributed by atoms with van der Waals surface area (Å²) in [6, 6.07) is 15.6. The number of aromatic nitrogens is 1. The maximum atomic E-state index is 6.14. The summed E-state index contributed by atoms with van der Waals surface area (Å²) in [4.78, 5) is 0. The summed E-state index contributed by atoms with van der Waals surface area (Å²) in [5.41, 5.74) is 12.1. The van der Waals surface area contributed by atoms with Crippen molar-refractivity contribution >= 4 is 16.6 Å². The average molecular weight is 304 g/mol. The number of hydrogen-bond donors (Lipinski definition) is 1. The van der Waals surface area contributed by atoms with E-state index in [9.17, 15) is 0 Å². The molecular formula is C21H24N2. The lowest BCUT2D eigenvalue weighted by molar-refractivity contribution is 0.507. The molecule has 23 heavy (non-hydrogen) atoms. The van der Waals surface area contributed by atoms with Crippen LogP contribution < -0.4 is 5.73 Å². The SMILES string of the molecule is Cc1c(N)cccc1-c1cn(C2CCC(C)C2)c2ccccc12. The second kappa shape index (κ2) is 5.45. The van der Waals surface area contributed by atoms with Crippen molar-refractivity contribution < 1.29 is 0 Å². The summed E-state index contributed by atoms with van der Waals surface area (Å²) in [5, 5.41) is 1.33. The Labute approximate surface area is 137 Å². The van der Waals surface area contributed by atoms with Crippen molar-refractivity contribution in [2.24, 2.45) is 5.92 Å². The van der Waals surface area contributed by atoms with Crippen LogP contribution in [0.2, 0.25) is 0 Å². The molecule has 2 unspecified atom stereocenters. The molecule has 2 heteroatoms. The van der Waals surface area contributed by atoms with Crippen LogP contribution in [-0.2, 0) is 0 Å². The van der Waals surface area contributed by atoms with Gasteiger partial charge in [-0.15, -0.1) is 0 Å². The van der Waals surface area contributed by atoms with Crippen molar-refractivity contribution in [3.8, 4) is 11.1 Å². The van der Waals surface area contributed by atoms with E-state index < -0.39 is 0 Å². The van der Waals surface area contributed by atoms with Gasteiger partial charge in [0.25, 0.3) is 0 Å². The number of anilines is 1. The number of benzene rings is 2. The van der Waals surface area contributed by atoms with Crippen LogP contribution in [0.4, 0.5) is 5.69 Å². The molecule has 1 aliphatic carbocycles. The molecule has 2 nitrogen and oxygen atoms in total. The predicted molar refractivity (Wildman–Crippen MR) is 98.6 cm³/mol. The third kappa shape index (κ3) is 2.33. The first-order chi connectivity index (χ1) is 11.1. The van der Waals surface area contributed by atoms with Crippen molar-refractivity contribution in [3.05, 3.63) is 54.2 Å². The van der Waals surface area contributed by atoms with Crippen LogP contribution >= 0.6 is 0 Å². The monoisotopic (exact) mass is 304 g/mol. The first-order valence-corrected chi connectivity index (χ1v) is 8.60. The van der Waals surface area contributed by atoms with Crippen molar-refractivity contribution in [2.45, 2.75) is 39.2 Å². The topological polar surface area (TPSA) is 30.9 Å². The molecule has 0 aliphatic heterocycles. The van der Waals surface area contributed by atoms with E-state index in [4.69, 9.17) is 5.73 Å². The number of rotatable bonds is 2. The lowest BCUT2D eigenvalue weighted by Gasteiger charge is -2.13. The van der Waals surface area contributed by atoms with E-state index >= 15 is 0 Å². The maximum absolute atomic E-state index is 6.14. The number of para-hydroxylation sites is 1. The summed E-state index contributed by atoms with van der Waals surface area (Å²) >= 11 is 0. The van der Waals surface area contributed by atoms with Gasteiger partial charge in [0.15, 0.2) is 0 Å². The second-order valence-corrected chi connectivity index (χ2v) is 7.06. The van der Waals surface area contributed by atoms with E-state index in [0.717, 1.165) is 11.6 Å². The molecule has 4 rings (SSSR count). The third-order valence-electron chi connectivity index (χ3n) is 5.47. The predicted octanol–water partition coefficient (Wildman–Crippen LogP) is 5.56. The third-order valence-corrected chi connectivity index (χ3v) is 5.47. The summed E-state index contributed by atoms with van der Waals surface area (Å²) in [5.74, 6) is 0.832. The molecule has 0 saturated heterocycles. The molecule has 1 aliphatic rings. The van der Waals surface area contributed by atoms with Crippen LogP contribution in [0.3, 0.4) is 0 Å². The van der Waals surface area contributed by atoms with E-state index in [1.165, 1.54) is 46.9 Å². The Hall–Kier alpha value is -2.22. The molecule has 2 N–H and O–H groups in total. The molecule has 2 atom stereocenters. The minimum Gasteiger partial charge on any atom is -0.398 e. The minimum absolute atomic E-state index is 0.630. The minimum atomic E-state index is 0.630. The molecule has 1 saturated carbocycles. The van der Waals surface area contributed by atoms with Gasteiger partial charge in [-0.2, -0.15) is 0 Å². The van der Waals surface area contributed by atoms with Gasteiger partial charge in [0, 0.05) is 34.4 Å². The number of nitrogen functional groups attached to an aromatic ring is 1. The van der Waals surface area contributed by atoms with Gasteiger partial charge >= 0.3 is 0 Å². The smallest absolute Gasteiger partial charge is 0.0489 e. The van der Waals surface area contributed by atoms with Gasteiger partial charge in [-0.1, -0.05) is 37.3 Å². The fourth-order valence-electron chi connectivity index (χ4n) is 4.10. The van der Waals surface area contributed by atoms with E-state index in [2.05, 4.69) is 61.0 Å². The maximum Gasteiger partial charge on any atom is 0.0489 e. The molecule has 3 aromatic rings. The standard InChI is InChI=1S/C21H24N2/c1-14-10-11-16(12-14)23-13-19(18-6-3-4-9-21(18)23)17-7-5-8-20(22)15(17)2/h3-9,13-14,16H,10-12,22H2,1-2H3. The zero-order valence-electron chi connectivity index (χ0n) is 13.9. The molecule has 0 spiro atoms. The van der Waals surface area contributed by atoms with Gasteiger partial charge in [0.1, 0.15) is 0 Å². The highest BCUT2D eigenvalue weighted by atomic mass is 15.0. The highest BCUT2D eigenvalue weighted by Crippen LogP contribution is 2.40. The number of fused-ring (bicyclic) bond motifs is 1. The fraction of sp³-hybridized carbons (Fsp3) is 0.333. The van der Waals surface area contributed by atoms with Crippen molar-refractivity contribution in [1.29, 1.82) is 0 Å². The summed E-state index contributed by atoms with van der Waals surface area (Å²) in [7, 11) is 0. The van der Waals surface area contributed by atoms with Gasteiger partial charge in [0.2, 0.25) is 0 Å². The lowest BCUT2D eigenvalue weighted by atomic mass is 9.99. The largest absolute Gasteiger partial charge is 0.398 e. The molecule has 0 bridgehead atoms. The molecule has 0 radical (unpaired) electrons. The quantitative estimate of drug-likeness (QED) is 0.617. The zero-order valence-corrected chi connectivity index (χ0v) is 13.9. The second-order valence-electron chi connectivity index (χ2n) is 7.06. The molecule has 0 amide bonds. The Bertz CT molecular complexity index is 859. The Balaban J connectivity index is 1.93. The number of nitrogens with two attached hydrogens (primary N) is 1. The molecule has 1 aromatic heterocycles. The molecule has 2 aromatic carbocycles. The summed E-state index contributed by atoms with van der Waals surface area (Å²) in [6.07, 6.45) is 6.27. The highest BCUT2D eigenvalue weighted by Gasteiger charge is 2.25. The van der Waals surface area contributed by atoms with E-state index in [-0.39, 0.29) is 0 Å². The number of nitrogens with zero attached hydrogens (tertiary/aromatic N) is 1. The van der Waals surface area contributed by atoms with Crippen LogP contribution in [-0.4, -0.2) is 4.57 Å². The zero-order chi connectivity index (χ0) is 16.0. The van der Waals surface area contributed by atoms with Gasteiger partial charge in [-0.25, -0.2) is 0 Å². The van der Waals surface area contributed by atoms with Crippen LogP contribution in [0.5, 0.6) is 0 Å². The van der Waals surface area contributed by atoms with Crippen molar-refractivity contribution in [3.63, 3.8) is 0 Å².